The molecule has 0 saturated carbocycles. The number of aromatic amines is 1. The summed E-state index contributed by atoms with van der Waals surface area (Å²) in [5, 5.41) is 13.8. The molecule has 0 aliphatic heterocycles. The highest BCUT2D eigenvalue weighted by atomic mass is 16.5. The van der Waals surface area contributed by atoms with Gasteiger partial charge in [-0.1, -0.05) is 17.3 Å². The molecule has 0 spiro atoms. The lowest BCUT2D eigenvalue weighted by atomic mass is 10.1. The molecule has 2 heterocycles. The molecule has 0 fully saturated rings. The Bertz CT molecular complexity index is 672. The maximum atomic E-state index is 11.8. The van der Waals surface area contributed by atoms with E-state index in [9.17, 15) is 4.79 Å². The molecule has 0 unspecified atom stereocenters. The first kappa shape index (κ1) is 10.5. The summed E-state index contributed by atoms with van der Waals surface area (Å²) in [6, 6.07) is 7.45. The number of carbonyl (C=O) groups is 1. The van der Waals surface area contributed by atoms with Crippen LogP contribution in [0.2, 0.25) is 0 Å². The van der Waals surface area contributed by atoms with Gasteiger partial charge < -0.3 is 9.84 Å². The lowest BCUT2D eigenvalue weighted by Gasteiger charge is -1.99. The van der Waals surface area contributed by atoms with Crippen LogP contribution in [0.4, 0.5) is 5.69 Å². The number of amides is 1. The number of H-pyrrole nitrogens is 1. The Morgan fingerprint density at radius 2 is 2.28 bits per heavy atom. The number of fused-ring (bicyclic) bond motifs is 1. The van der Waals surface area contributed by atoms with Gasteiger partial charge in [-0.25, -0.2) is 0 Å². The number of nitrogens with zero attached hydrogens (tertiary/aromatic N) is 2. The monoisotopic (exact) mass is 242 g/mol. The average molecular weight is 242 g/mol. The minimum Gasteiger partial charge on any atom is -0.356 e. The van der Waals surface area contributed by atoms with Gasteiger partial charge in [0.05, 0.1) is 18.3 Å². The van der Waals surface area contributed by atoms with Crippen LogP contribution in [-0.4, -0.2) is 21.3 Å². The Labute approximate surface area is 102 Å². The van der Waals surface area contributed by atoms with E-state index in [1.165, 1.54) is 0 Å². The second-order valence-corrected chi connectivity index (χ2v) is 3.84. The van der Waals surface area contributed by atoms with Crippen molar-refractivity contribution >= 4 is 22.6 Å². The van der Waals surface area contributed by atoms with Crippen LogP contribution in [0.25, 0.3) is 11.0 Å². The van der Waals surface area contributed by atoms with Crippen molar-refractivity contribution in [3.63, 3.8) is 0 Å². The van der Waals surface area contributed by atoms with E-state index in [4.69, 9.17) is 4.52 Å². The predicted molar refractivity (Wildman–Crippen MR) is 64.9 cm³/mol. The summed E-state index contributed by atoms with van der Waals surface area (Å²) < 4.78 is 5.14. The number of aromatic nitrogens is 3. The van der Waals surface area contributed by atoms with Crippen LogP contribution in [0.5, 0.6) is 0 Å². The first-order chi connectivity index (χ1) is 8.83. The normalized spacial score (nSPS) is 10.7. The fourth-order valence-electron chi connectivity index (χ4n) is 1.74. The van der Waals surface area contributed by atoms with E-state index in [-0.39, 0.29) is 12.3 Å². The summed E-state index contributed by atoms with van der Waals surface area (Å²) in [6.45, 7) is 0. The highest BCUT2D eigenvalue weighted by molar-refractivity contribution is 5.94. The summed E-state index contributed by atoms with van der Waals surface area (Å²) in [5.74, 6) is -0.157. The molecule has 18 heavy (non-hydrogen) atoms. The number of carbonyl (C=O) groups excluding carboxylic acids is 1. The predicted octanol–water partition coefficient (Wildman–Crippen LogP) is 1.73. The molecule has 6 nitrogen and oxygen atoms in total. The molecule has 0 saturated heterocycles. The molecule has 90 valence electrons. The van der Waals surface area contributed by atoms with E-state index >= 15 is 0 Å². The van der Waals surface area contributed by atoms with Gasteiger partial charge in [0.15, 0.2) is 5.58 Å². The second-order valence-electron chi connectivity index (χ2n) is 3.84. The second kappa shape index (κ2) is 4.33. The van der Waals surface area contributed by atoms with Crippen molar-refractivity contribution in [3.8, 4) is 0 Å². The minimum atomic E-state index is -0.157. The highest BCUT2D eigenvalue weighted by Crippen LogP contribution is 2.18. The van der Waals surface area contributed by atoms with Crippen molar-refractivity contribution in [2.24, 2.45) is 0 Å². The molecule has 0 atom stereocenters. The minimum absolute atomic E-state index is 0.157. The van der Waals surface area contributed by atoms with Crippen LogP contribution in [0.3, 0.4) is 0 Å². The van der Waals surface area contributed by atoms with Crippen molar-refractivity contribution in [1.29, 1.82) is 0 Å². The number of hydrogen-bond acceptors (Lipinski definition) is 4. The fraction of sp³-hybridized carbons (Fsp3) is 0.0833. The maximum absolute atomic E-state index is 11.8. The molecule has 0 aliphatic rings. The zero-order valence-electron chi connectivity index (χ0n) is 9.38. The van der Waals surface area contributed by atoms with E-state index in [1.807, 2.05) is 24.3 Å². The van der Waals surface area contributed by atoms with Crippen molar-refractivity contribution in [3.05, 3.63) is 42.4 Å². The molecular weight excluding hydrogens is 232 g/mol. The van der Waals surface area contributed by atoms with Crippen LogP contribution in [0.15, 0.2) is 41.2 Å². The van der Waals surface area contributed by atoms with Gasteiger partial charge in [0.25, 0.3) is 0 Å². The van der Waals surface area contributed by atoms with Gasteiger partial charge in [0, 0.05) is 11.6 Å². The summed E-state index contributed by atoms with van der Waals surface area (Å²) in [6.07, 6.45) is 3.32. The third-order valence-electron chi connectivity index (χ3n) is 2.56. The Hall–Kier alpha value is -2.63. The molecule has 0 bridgehead atoms. The Balaban J connectivity index is 1.78. The third kappa shape index (κ3) is 1.95. The smallest absolute Gasteiger partial charge is 0.230 e. The maximum Gasteiger partial charge on any atom is 0.230 e. The van der Waals surface area contributed by atoms with Gasteiger partial charge >= 0.3 is 0 Å². The molecule has 3 aromatic rings. The Kier molecular flexibility index (Phi) is 2.53. The molecular formula is C12H10N4O2. The largest absolute Gasteiger partial charge is 0.356 e. The highest BCUT2D eigenvalue weighted by Gasteiger charge is 2.12. The molecule has 0 aliphatic carbocycles. The Morgan fingerprint density at radius 3 is 3.11 bits per heavy atom. The van der Waals surface area contributed by atoms with E-state index in [0.29, 0.717) is 17.0 Å². The van der Waals surface area contributed by atoms with Gasteiger partial charge in [0.2, 0.25) is 5.91 Å². The van der Waals surface area contributed by atoms with Crippen LogP contribution < -0.4 is 5.32 Å². The average Bonchev–Trinajstić information content (AvgIpc) is 3.00. The number of para-hydroxylation sites is 1. The van der Waals surface area contributed by atoms with E-state index in [2.05, 4.69) is 20.7 Å². The standard InChI is InChI=1S/C12H10N4O2/c17-12(15-8-6-13-14-7-8)5-10-9-3-1-2-4-11(9)18-16-10/h1-4,6-7H,5H2,(H,13,14)(H,15,17). The molecule has 1 aromatic carbocycles. The van der Waals surface area contributed by atoms with E-state index in [1.54, 1.807) is 12.4 Å². The molecule has 2 N–H and O–H groups in total. The zero-order valence-corrected chi connectivity index (χ0v) is 9.38. The van der Waals surface area contributed by atoms with Crippen molar-refractivity contribution in [2.45, 2.75) is 6.42 Å². The molecule has 1 amide bonds. The lowest BCUT2D eigenvalue weighted by Crippen LogP contribution is -2.14. The summed E-state index contributed by atoms with van der Waals surface area (Å²) in [4.78, 5) is 11.8. The molecule has 2 aromatic heterocycles. The lowest BCUT2D eigenvalue weighted by molar-refractivity contribution is -0.115. The van der Waals surface area contributed by atoms with Gasteiger partial charge in [-0.15, -0.1) is 0 Å². The molecule has 6 heteroatoms. The van der Waals surface area contributed by atoms with Gasteiger partial charge in [0.1, 0.15) is 5.69 Å². The number of benzene rings is 1. The Morgan fingerprint density at radius 1 is 1.39 bits per heavy atom. The number of anilines is 1. The van der Waals surface area contributed by atoms with Crippen LogP contribution >= 0.6 is 0 Å². The van der Waals surface area contributed by atoms with Crippen LogP contribution in [0, 0.1) is 0 Å². The van der Waals surface area contributed by atoms with E-state index in [0.717, 1.165) is 5.39 Å². The first-order valence-electron chi connectivity index (χ1n) is 5.45. The quantitative estimate of drug-likeness (QED) is 0.732. The van der Waals surface area contributed by atoms with Gasteiger partial charge in [-0.3, -0.25) is 9.89 Å². The van der Waals surface area contributed by atoms with Crippen molar-refractivity contribution in [2.75, 3.05) is 5.32 Å². The summed E-state index contributed by atoms with van der Waals surface area (Å²) >= 11 is 0. The van der Waals surface area contributed by atoms with Crippen LogP contribution in [-0.2, 0) is 11.2 Å². The van der Waals surface area contributed by atoms with Gasteiger partial charge in [-0.05, 0) is 12.1 Å². The third-order valence-corrected chi connectivity index (χ3v) is 2.56. The number of hydrogen-bond donors (Lipinski definition) is 2. The van der Waals surface area contributed by atoms with Gasteiger partial charge in [-0.2, -0.15) is 5.10 Å². The molecule has 0 radical (unpaired) electrons. The topological polar surface area (TPSA) is 83.8 Å². The van der Waals surface area contributed by atoms with Crippen molar-refractivity contribution in [1.82, 2.24) is 15.4 Å². The first-order valence-corrected chi connectivity index (χ1v) is 5.45. The van der Waals surface area contributed by atoms with Crippen molar-refractivity contribution < 1.29 is 9.32 Å². The number of rotatable bonds is 3. The fourth-order valence-corrected chi connectivity index (χ4v) is 1.74. The summed E-state index contributed by atoms with van der Waals surface area (Å²) in [5.41, 5.74) is 1.95. The summed E-state index contributed by atoms with van der Waals surface area (Å²) in [7, 11) is 0. The number of nitrogens with one attached hydrogen (secondary N) is 2. The molecule has 3 rings (SSSR count). The van der Waals surface area contributed by atoms with Crippen LogP contribution in [0.1, 0.15) is 5.69 Å². The zero-order chi connectivity index (χ0) is 12.4. The van der Waals surface area contributed by atoms with E-state index < -0.39 is 0 Å². The SMILES string of the molecule is O=C(Cc1noc2ccccc12)Nc1cn[nH]c1.